The third-order valence-corrected chi connectivity index (χ3v) is 2.94. The smallest absolute Gasteiger partial charge is 0.326 e. The molecule has 0 radical (unpaired) electrons. The van der Waals surface area contributed by atoms with Gasteiger partial charge in [0, 0.05) is 25.3 Å². The van der Waals surface area contributed by atoms with Gasteiger partial charge in [0.05, 0.1) is 0 Å². The van der Waals surface area contributed by atoms with Crippen LogP contribution < -0.4 is 10.2 Å². The van der Waals surface area contributed by atoms with Crippen molar-refractivity contribution in [2.75, 3.05) is 19.0 Å². The summed E-state index contributed by atoms with van der Waals surface area (Å²) < 4.78 is 0. The highest BCUT2D eigenvalue weighted by atomic mass is 16.4. The minimum absolute atomic E-state index is 0.199. The number of carboxylic acid groups (broad SMARTS) is 1. The Morgan fingerprint density at radius 2 is 1.95 bits per heavy atom. The van der Waals surface area contributed by atoms with Crippen molar-refractivity contribution in [1.29, 1.82) is 0 Å². The molecule has 5 heteroatoms. The molecule has 0 saturated carbocycles. The van der Waals surface area contributed by atoms with Crippen molar-refractivity contribution in [2.45, 2.75) is 26.3 Å². The highest BCUT2D eigenvalue weighted by Crippen LogP contribution is 2.14. The maximum absolute atomic E-state index is 12.1. The fourth-order valence-electron chi connectivity index (χ4n) is 1.86. The predicted molar refractivity (Wildman–Crippen MR) is 79.1 cm³/mol. The molecule has 0 aliphatic rings. The van der Waals surface area contributed by atoms with Crippen LogP contribution in [0.4, 0.5) is 5.69 Å². The summed E-state index contributed by atoms with van der Waals surface area (Å²) >= 11 is 0. The molecule has 0 fully saturated rings. The Balaban J connectivity index is 2.83. The van der Waals surface area contributed by atoms with Crippen molar-refractivity contribution < 1.29 is 14.7 Å². The molecule has 0 aliphatic carbocycles. The van der Waals surface area contributed by atoms with Crippen LogP contribution in [0.1, 0.15) is 30.6 Å². The largest absolute Gasteiger partial charge is 0.480 e. The van der Waals surface area contributed by atoms with Gasteiger partial charge in [-0.2, -0.15) is 0 Å². The van der Waals surface area contributed by atoms with E-state index in [9.17, 15) is 9.59 Å². The first kappa shape index (κ1) is 16.0. The van der Waals surface area contributed by atoms with Gasteiger partial charge in [0.15, 0.2) is 0 Å². The van der Waals surface area contributed by atoms with E-state index < -0.39 is 12.0 Å². The number of amides is 1. The van der Waals surface area contributed by atoms with E-state index in [0.717, 1.165) is 5.69 Å². The minimum Gasteiger partial charge on any atom is -0.480 e. The van der Waals surface area contributed by atoms with Crippen molar-refractivity contribution in [2.24, 2.45) is 5.92 Å². The van der Waals surface area contributed by atoms with Gasteiger partial charge >= 0.3 is 5.97 Å². The van der Waals surface area contributed by atoms with Crippen LogP contribution in [0.2, 0.25) is 0 Å². The number of hydrogen-bond acceptors (Lipinski definition) is 3. The summed E-state index contributed by atoms with van der Waals surface area (Å²) in [6, 6.07) is 6.23. The van der Waals surface area contributed by atoms with Gasteiger partial charge in [0.25, 0.3) is 5.91 Å². The second-order valence-corrected chi connectivity index (χ2v) is 5.44. The number of carbonyl (C=O) groups is 2. The molecule has 1 atom stereocenters. The Labute approximate surface area is 119 Å². The molecule has 1 rings (SSSR count). The number of nitrogens with zero attached hydrogens (tertiary/aromatic N) is 1. The van der Waals surface area contributed by atoms with Crippen LogP contribution in [0.25, 0.3) is 0 Å². The van der Waals surface area contributed by atoms with Gasteiger partial charge in [-0.15, -0.1) is 0 Å². The lowest BCUT2D eigenvalue weighted by atomic mass is 10.0. The fraction of sp³-hybridized carbons (Fsp3) is 0.467. The summed E-state index contributed by atoms with van der Waals surface area (Å²) in [6.45, 7) is 3.85. The summed E-state index contributed by atoms with van der Waals surface area (Å²) in [5.41, 5.74) is 1.36. The predicted octanol–water partition coefficient (Wildman–Crippen LogP) is 1.98. The summed E-state index contributed by atoms with van der Waals surface area (Å²) in [5, 5.41) is 11.7. The number of carboxylic acids is 1. The lowest BCUT2D eigenvalue weighted by Crippen LogP contribution is -2.41. The molecule has 0 aliphatic heterocycles. The molecule has 1 aromatic carbocycles. The van der Waals surface area contributed by atoms with Crippen LogP contribution in [0, 0.1) is 5.92 Å². The molecule has 2 N–H and O–H groups in total. The number of aliphatic carboxylic acids is 1. The SMILES string of the molecule is CC(C)C[C@@H](NC(=O)c1cccc(N(C)C)c1)C(=O)O. The van der Waals surface area contributed by atoms with E-state index >= 15 is 0 Å². The van der Waals surface area contributed by atoms with Crippen LogP contribution >= 0.6 is 0 Å². The van der Waals surface area contributed by atoms with E-state index in [1.165, 1.54) is 0 Å². The van der Waals surface area contributed by atoms with Gasteiger partial charge < -0.3 is 15.3 Å². The molecular weight excluding hydrogens is 256 g/mol. The zero-order valence-corrected chi connectivity index (χ0v) is 12.4. The molecule has 1 amide bonds. The topological polar surface area (TPSA) is 69.6 Å². The summed E-state index contributed by atoms with van der Waals surface area (Å²) in [5.74, 6) is -1.16. The Kier molecular flexibility index (Phi) is 5.55. The van der Waals surface area contributed by atoms with E-state index in [0.29, 0.717) is 12.0 Å². The van der Waals surface area contributed by atoms with Crippen LogP contribution in [-0.2, 0) is 4.79 Å². The summed E-state index contributed by atoms with van der Waals surface area (Å²) in [7, 11) is 3.77. The molecule has 0 heterocycles. The molecule has 0 bridgehead atoms. The highest BCUT2D eigenvalue weighted by Gasteiger charge is 2.21. The van der Waals surface area contributed by atoms with Crippen LogP contribution in [0.3, 0.4) is 0 Å². The fourth-order valence-corrected chi connectivity index (χ4v) is 1.86. The van der Waals surface area contributed by atoms with Gasteiger partial charge in [-0.25, -0.2) is 4.79 Å². The van der Waals surface area contributed by atoms with Gasteiger partial charge in [0.2, 0.25) is 0 Å². The first-order valence-corrected chi connectivity index (χ1v) is 6.62. The normalized spacial score (nSPS) is 12.1. The van der Waals surface area contributed by atoms with E-state index in [-0.39, 0.29) is 11.8 Å². The molecule has 0 spiro atoms. The minimum atomic E-state index is -1.00. The first-order chi connectivity index (χ1) is 9.31. The average molecular weight is 278 g/mol. The lowest BCUT2D eigenvalue weighted by Gasteiger charge is -2.17. The van der Waals surface area contributed by atoms with Crippen molar-refractivity contribution in [3.63, 3.8) is 0 Å². The second kappa shape index (κ2) is 6.93. The van der Waals surface area contributed by atoms with Crippen molar-refractivity contribution in [1.82, 2.24) is 5.32 Å². The van der Waals surface area contributed by atoms with Crippen LogP contribution in [0.15, 0.2) is 24.3 Å². The Hall–Kier alpha value is -2.04. The molecule has 0 aromatic heterocycles. The number of nitrogens with one attached hydrogen (secondary N) is 1. The maximum atomic E-state index is 12.1. The van der Waals surface area contributed by atoms with E-state index in [1.54, 1.807) is 18.2 Å². The number of benzene rings is 1. The molecule has 20 heavy (non-hydrogen) atoms. The standard InChI is InChI=1S/C15H22N2O3/c1-10(2)8-13(15(19)20)16-14(18)11-6-5-7-12(9-11)17(3)4/h5-7,9-10,13H,8H2,1-4H3,(H,16,18)(H,19,20)/t13-/m1/s1. The van der Waals surface area contributed by atoms with Gasteiger partial charge in [-0.1, -0.05) is 19.9 Å². The van der Waals surface area contributed by atoms with E-state index in [1.807, 2.05) is 38.9 Å². The monoisotopic (exact) mass is 278 g/mol. The zero-order valence-electron chi connectivity index (χ0n) is 12.4. The highest BCUT2D eigenvalue weighted by molar-refractivity contribution is 5.97. The Morgan fingerprint density at radius 1 is 1.30 bits per heavy atom. The van der Waals surface area contributed by atoms with Gasteiger partial charge in [-0.3, -0.25) is 4.79 Å². The molecule has 1 aromatic rings. The Morgan fingerprint density at radius 3 is 2.45 bits per heavy atom. The number of carbonyl (C=O) groups excluding carboxylic acids is 1. The maximum Gasteiger partial charge on any atom is 0.326 e. The molecule has 0 saturated heterocycles. The van der Waals surface area contributed by atoms with E-state index in [2.05, 4.69) is 5.32 Å². The Bertz CT molecular complexity index is 484. The average Bonchev–Trinajstić information content (AvgIpc) is 2.37. The molecule has 5 nitrogen and oxygen atoms in total. The third kappa shape index (κ3) is 4.57. The van der Waals surface area contributed by atoms with Crippen molar-refractivity contribution in [3.05, 3.63) is 29.8 Å². The van der Waals surface area contributed by atoms with Crippen molar-refractivity contribution in [3.8, 4) is 0 Å². The number of anilines is 1. The second-order valence-electron chi connectivity index (χ2n) is 5.44. The molecule has 0 unspecified atom stereocenters. The number of rotatable bonds is 6. The first-order valence-electron chi connectivity index (χ1n) is 6.62. The van der Waals surface area contributed by atoms with E-state index in [4.69, 9.17) is 5.11 Å². The zero-order chi connectivity index (χ0) is 15.3. The van der Waals surface area contributed by atoms with Gasteiger partial charge in [-0.05, 0) is 30.5 Å². The molecular formula is C15H22N2O3. The quantitative estimate of drug-likeness (QED) is 0.835. The number of hydrogen-bond donors (Lipinski definition) is 2. The summed E-state index contributed by atoms with van der Waals surface area (Å²) in [4.78, 5) is 25.2. The summed E-state index contributed by atoms with van der Waals surface area (Å²) in [6.07, 6.45) is 0.411. The lowest BCUT2D eigenvalue weighted by molar-refractivity contribution is -0.139. The van der Waals surface area contributed by atoms with Crippen LogP contribution in [0.5, 0.6) is 0 Å². The van der Waals surface area contributed by atoms with Gasteiger partial charge in [0.1, 0.15) is 6.04 Å². The van der Waals surface area contributed by atoms with Crippen LogP contribution in [-0.4, -0.2) is 37.1 Å². The third-order valence-electron chi connectivity index (χ3n) is 2.94. The molecule has 110 valence electrons. The van der Waals surface area contributed by atoms with Crippen molar-refractivity contribution >= 4 is 17.6 Å².